The maximum absolute atomic E-state index is 13.7. The minimum absolute atomic E-state index is 0.0438. The van der Waals surface area contributed by atoms with E-state index in [1.54, 1.807) is 13.1 Å². The lowest BCUT2D eigenvalue weighted by Crippen LogP contribution is -2.54. The molecule has 0 aromatic heterocycles. The molecule has 0 aliphatic carbocycles. The normalized spacial score (nSPS) is 16.0. The van der Waals surface area contributed by atoms with Gasteiger partial charge in [-0.3, -0.25) is 4.79 Å². The number of ether oxygens (including phenoxy) is 1. The lowest BCUT2D eigenvalue weighted by molar-refractivity contribution is -0.178. The summed E-state index contributed by atoms with van der Waals surface area (Å²) < 4.78 is 37.8. The van der Waals surface area contributed by atoms with Gasteiger partial charge in [-0.2, -0.15) is 0 Å². The Kier molecular flexibility index (Phi) is 6.71. The monoisotopic (exact) mass is 340 g/mol. The van der Waals surface area contributed by atoms with E-state index < -0.39 is 38.2 Å². The molecule has 0 spiro atoms. The molecule has 0 aromatic carbocycles. The van der Waals surface area contributed by atoms with Gasteiger partial charge in [0.05, 0.1) is 6.61 Å². The molecule has 2 atom stereocenters. The Labute approximate surface area is 131 Å². The van der Waals surface area contributed by atoms with Crippen LogP contribution in [-0.4, -0.2) is 44.0 Å². The van der Waals surface area contributed by atoms with Crippen molar-refractivity contribution < 1.29 is 32.6 Å². The van der Waals surface area contributed by atoms with Crippen molar-refractivity contribution in [3.05, 3.63) is 0 Å². The van der Waals surface area contributed by atoms with E-state index in [2.05, 4.69) is 0 Å². The van der Waals surface area contributed by atoms with Crippen LogP contribution in [-0.2, 0) is 18.8 Å². The standard InChI is InChI=1S/C14H26F2O5Si/c1-8-20-12(19)10(9(11(17)18)14(5,15)16)21-22(6,7)13(2,3)4/h9-10H,8H2,1-7H3,(H,17,18)/t9-,10+/m0/s1. The average molecular weight is 340 g/mol. The van der Waals surface area contributed by atoms with Gasteiger partial charge in [0.2, 0.25) is 0 Å². The van der Waals surface area contributed by atoms with Gasteiger partial charge in [0.1, 0.15) is 0 Å². The molecule has 130 valence electrons. The van der Waals surface area contributed by atoms with Gasteiger partial charge in [0.15, 0.2) is 20.3 Å². The third kappa shape index (κ3) is 5.31. The second kappa shape index (κ2) is 7.04. The number of carboxylic acids is 1. The molecular weight excluding hydrogens is 314 g/mol. The van der Waals surface area contributed by atoms with Crippen molar-refractivity contribution in [2.24, 2.45) is 5.92 Å². The molecule has 0 aromatic rings. The fourth-order valence-electron chi connectivity index (χ4n) is 1.58. The van der Waals surface area contributed by atoms with E-state index in [1.165, 1.54) is 6.92 Å². The Morgan fingerprint density at radius 1 is 1.18 bits per heavy atom. The largest absolute Gasteiger partial charge is 0.481 e. The van der Waals surface area contributed by atoms with Crippen LogP contribution in [0.4, 0.5) is 8.78 Å². The van der Waals surface area contributed by atoms with Crippen molar-refractivity contribution in [1.82, 2.24) is 0 Å². The van der Waals surface area contributed by atoms with Crippen LogP contribution in [0.2, 0.25) is 18.1 Å². The Hall–Kier alpha value is -1.02. The predicted octanol–water partition coefficient (Wildman–Crippen LogP) is 3.30. The molecule has 0 aliphatic rings. The van der Waals surface area contributed by atoms with E-state index in [0.717, 1.165) is 0 Å². The molecule has 0 saturated carbocycles. The number of hydrogen-bond donors (Lipinski definition) is 1. The fourth-order valence-corrected chi connectivity index (χ4v) is 2.80. The van der Waals surface area contributed by atoms with E-state index in [4.69, 9.17) is 14.3 Å². The molecule has 0 unspecified atom stereocenters. The summed E-state index contributed by atoms with van der Waals surface area (Å²) in [6, 6.07) is 0. The van der Waals surface area contributed by atoms with Crippen LogP contribution in [0.1, 0.15) is 34.6 Å². The quantitative estimate of drug-likeness (QED) is 0.569. The highest BCUT2D eigenvalue weighted by molar-refractivity contribution is 6.74. The molecule has 1 N–H and O–H groups in total. The summed E-state index contributed by atoms with van der Waals surface area (Å²) >= 11 is 0. The Balaban J connectivity index is 5.75. The Morgan fingerprint density at radius 3 is 1.91 bits per heavy atom. The van der Waals surface area contributed by atoms with E-state index in [0.29, 0.717) is 6.92 Å². The van der Waals surface area contributed by atoms with Crippen LogP contribution in [0.5, 0.6) is 0 Å². The van der Waals surface area contributed by atoms with Gasteiger partial charge >= 0.3 is 11.9 Å². The number of carbonyl (C=O) groups excluding carboxylic acids is 1. The van der Waals surface area contributed by atoms with Gasteiger partial charge in [-0.15, -0.1) is 0 Å². The molecule has 8 heteroatoms. The number of esters is 1. The summed E-state index contributed by atoms with van der Waals surface area (Å²) in [5.41, 5.74) is 0. The molecule has 0 fully saturated rings. The zero-order chi connectivity index (χ0) is 17.9. The smallest absolute Gasteiger partial charge is 0.335 e. The van der Waals surface area contributed by atoms with Crippen molar-refractivity contribution in [2.45, 2.75) is 64.8 Å². The summed E-state index contributed by atoms with van der Waals surface area (Å²) in [6.45, 7) is 11.0. The van der Waals surface area contributed by atoms with Gasteiger partial charge in [0, 0.05) is 6.92 Å². The van der Waals surface area contributed by atoms with Crippen LogP contribution in [0.3, 0.4) is 0 Å². The maximum atomic E-state index is 13.7. The Bertz CT molecular complexity index is 412. The highest BCUT2D eigenvalue weighted by Crippen LogP contribution is 2.40. The van der Waals surface area contributed by atoms with Crippen molar-refractivity contribution in [2.75, 3.05) is 6.61 Å². The molecule has 5 nitrogen and oxygen atoms in total. The minimum atomic E-state index is -3.62. The van der Waals surface area contributed by atoms with E-state index >= 15 is 0 Å². The number of halogens is 2. The molecule has 0 radical (unpaired) electrons. The first kappa shape index (κ1) is 21.0. The van der Waals surface area contributed by atoms with E-state index in [-0.39, 0.29) is 11.6 Å². The van der Waals surface area contributed by atoms with E-state index in [9.17, 15) is 18.4 Å². The third-order valence-corrected chi connectivity index (χ3v) is 8.32. The molecule has 0 aliphatic heterocycles. The second-order valence-electron chi connectivity index (χ2n) is 6.82. The zero-order valence-corrected chi connectivity index (χ0v) is 15.2. The van der Waals surface area contributed by atoms with Crippen molar-refractivity contribution in [1.29, 1.82) is 0 Å². The lowest BCUT2D eigenvalue weighted by Gasteiger charge is -2.40. The maximum Gasteiger partial charge on any atom is 0.335 e. The third-order valence-electron chi connectivity index (χ3n) is 3.86. The summed E-state index contributed by atoms with van der Waals surface area (Å²) in [4.78, 5) is 23.3. The highest BCUT2D eigenvalue weighted by Gasteiger charge is 2.53. The molecule has 0 rings (SSSR count). The van der Waals surface area contributed by atoms with Crippen LogP contribution in [0, 0.1) is 5.92 Å². The average Bonchev–Trinajstić information content (AvgIpc) is 2.23. The lowest BCUT2D eigenvalue weighted by atomic mass is 9.96. The van der Waals surface area contributed by atoms with Gasteiger partial charge in [-0.1, -0.05) is 20.8 Å². The number of hydrogen-bond acceptors (Lipinski definition) is 4. The van der Waals surface area contributed by atoms with Crippen molar-refractivity contribution >= 4 is 20.3 Å². The number of carboxylic acid groups (broad SMARTS) is 1. The topological polar surface area (TPSA) is 72.8 Å². The molecule has 0 amide bonds. The minimum Gasteiger partial charge on any atom is -0.481 e. The van der Waals surface area contributed by atoms with Gasteiger partial charge in [-0.25, -0.2) is 13.6 Å². The first-order chi connectivity index (χ1) is 9.65. The van der Waals surface area contributed by atoms with Crippen LogP contribution in [0.15, 0.2) is 0 Å². The first-order valence-electron chi connectivity index (χ1n) is 7.10. The van der Waals surface area contributed by atoms with Gasteiger partial charge in [0.25, 0.3) is 5.92 Å². The number of rotatable bonds is 7. The molecule has 22 heavy (non-hydrogen) atoms. The molecule has 0 bridgehead atoms. The fraction of sp³-hybridized carbons (Fsp3) is 0.857. The predicted molar refractivity (Wildman–Crippen MR) is 80.4 cm³/mol. The van der Waals surface area contributed by atoms with Crippen molar-refractivity contribution in [3.63, 3.8) is 0 Å². The summed E-state index contributed by atoms with van der Waals surface area (Å²) in [5, 5.41) is 8.77. The second-order valence-corrected chi connectivity index (χ2v) is 11.6. The number of aliphatic carboxylic acids is 1. The zero-order valence-electron chi connectivity index (χ0n) is 14.2. The number of carbonyl (C=O) groups is 2. The molecular formula is C14H26F2O5Si. The van der Waals surface area contributed by atoms with Gasteiger partial charge in [-0.05, 0) is 25.1 Å². The van der Waals surface area contributed by atoms with Crippen LogP contribution >= 0.6 is 0 Å². The van der Waals surface area contributed by atoms with Gasteiger partial charge < -0.3 is 14.3 Å². The summed E-state index contributed by atoms with van der Waals surface area (Å²) in [7, 11) is -2.64. The first-order valence-corrected chi connectivity index (χ1v) is 10.0. The summed E-state index contributed by atoms with van der Waals surface area (Å²) in [6.07, 6.45) is -1.83. The summed E-state index contributed by atoms with van der Waals surface area (Å²) in [5.74, 6) is -8.77. The molecule has 0 heterocycles. The van der Waals surface area contributed by atoms with Crippen molar-refractivity contribution in [3.8, 4) is 0 Å². The van der Waals surface area contributed by atoms with E-state index in [1.807, 2.05) is 20.8 Å². The van der Waals surface area contributed by atoms with Crippen LogP contribution in [0.25, 0.3) is 0 Å². The van der Waals surface area contributed by atoms with Crippen LogP contribution < -0.4 is 0 Å². The molecule has 0 saturated heterocycles. The Morgan fingerprint density at radius 2 is 1.64 bits per heavy atom. The number of alkyl halides is 2. The highest BCUT2D eigenvalue weighted by atomic mass is 28.4. The SMILES string of the molecule is CCOC(=O)[C@H](O[Si](C)(C)C(C)(C)C)[C@@H](C(=O)O)C(C)(F)F.